The zero-order chi connectivity index (χ0) is 14.1. The summed E-state index contributed by atoms with van der Waals surface area (Å²) in [7, 11) is 0. The number of ether oxygens (including phenoxy) is 1. The first-order valence-corrected chi connectivity index (χ1v) is 6.37. The van der Waals surface area contributed by atoms with Crippen molar-refractivity contribution in [2.45, 2.75) is 31.8 Å². The summed E-state index contributed by atoms with van der Waals surface area (Å²) in [6, 6.07) is 2.79. The van der Waals surface area contributed by atoms with Crippen molar-refractivity contribution >= 4 is 5.97 Å². The summed E-state index contributed by atoms with van der Waals surface area (Å²) in [6.07, 6.45) is 4.00. The fourth-order valence-corrected chi connectivity index (χ4v) is 1.75. The molecule has 0 bridgehead atoms. The maximum atomic E-state index is 11.9. The molecular formula is C13H13N3O4. The molecule has 0 aliphatic heterocycles. The van der Waals surface area contributed by atoms with E-state index < -0.39 is 12.1 Å². The second-order valence-electron chi connectivity index (χ2n) is 4.76. The van der Waals surface area contributed by atoms with E-state index in [1.807, 2.05) is 0 Å². The number of aromatic nitrogens is 3. The molecule has 0 spiro atoms. The first kappa shape index (κ1) is 12.6. The van der Waals surface area contributed by atoms with Gasteiger partial charge in [-0.05, 0) is 19.8 Å². The highest BCUT2D eigenvalue weighted by Gasteiger charge is 2.30. The van der Waals surface area contributed by atoms with Crippen molar-refractivity contribution in [3.05, 3.63) is 47.0 Å². The molecule has 0 amide bonds. The van der Waals surface area contributed by atoms with E-state index in [0.717, 1.165) is 12.8 Å². The molecule has 3 rings (SSSR count). The third-order valence-corrected chi connectivity index (χ3v) is 3.07. The molecular weight excluding hydrogens is 262 g/mol. The van der Waals surface area contributed by atoms with E-state index in [2.05, 4.69) is 10.1 Å². The molecule has 20 heavy (non-hydrogen) atoms. The average molecular weight is 275 g/mol. The van der Waals surface area contributed by atoms with Gasteiger partial charge in [0.25, 0.3) is 5.89 Å². The molecule has 7 heteroatoms. The molecule has 0 unspecified atom stereocenters. The third-order valence-electron chi connectivity index (χ3n) is 3.07. The van der Waals surface area contributed by atoms with Crippen LogP contribution in [0.15, 0.2) is 29.0 Å². The Balaban J connectivity index is 1.66. The number of carbonyl (C=O) groups is 1. The van der Waals surface area contributed by atoms with Gasteiger partial charge in [0.1, 0.15) is 0 Å². The van der Waals surface area contributed by atoms with Gasteiger partial charge in [-0.15, -0.1) is 0 Å². The fraction of sp³-hybridized carbons (Fsp3) is 0.385. The lowest BCUT2D eigenvalue weighted by atomic mass is 10.3. The Morgan fingerprint density at radius 2 is 2.20 bits per heavy atom. The van der Waals surface area contributed by atoms with Crippen LogP contribution in [0.1, 0.15) is 53.9 Å². The van der Waals surface area contributed by atoms with Crippen LogP contribution < -0.4 is 4.73 Å². The molecule has 104 valence electrons. The molecule has 2 aromatic heterocycles. The van der Waals surface area contributed by atoms with E-state index in [0.29, 0.717) is 22.0 Å². The molecule has 1 aliphatic rings. The monoisotopic (exact) mass is 275 g/mol. The second-order valence-corrected chi connectivity index (χ2v) is 4.76. The van der Waals surface area contributed by atoms with E-state index in [-0.39, 0.29) is 5.89 Å². The topological polar surface area (TPSA) is 92.2 Å². The standard InChI is InChI=1S/C13H13N3O4/c1-8(12-14-11(15-20-12)9-2-3-9)19-13(17)10-4-6-16(18)7-5-10/h4-9H,2-3H2,1H3/t8-/m0/s1. The number of rotatable bonds is 4. The highest BCUT2D eigenvalue weighted by atomic mass is 16.6. The van der Waals surface area contributed by atoms with Gasteiger partial charge in [-0.3, -0.25) is 0 Å². The average Bonchev–Trinajstić information content (AvgIpc) is 3.17. The lowest BCUT2D eigenvalue weighted by Crippen LogP contribution is -2.24. The number of hydrogen-bond donors (Lipinski definition) is 0. The summed E-state index contributed by atoms with van der Waals surface area (Å²) in [5, 5.41) is 14.8. The molecule has 7 nitrogen and oxygen atoms in total. The Labute approximate surface area is 114 Å². The van der Waals surface area contributed by atoms with Crippen LogP contribution in [0.5, 0.6) is 0 Å². The van der Waals surface area contributed by atoms with E-state index in [1.54, 1.807) is 6.92 Å². The molecule has 0 radical (unpaired) electrons. The predicted octanol–water partition coefficient (Wildman–Crippen LogP) is 1.50. The lowest BCUT2D eigenvalue weighted by Gasteiger charge is -2.08. The van der Waals surface area contributed by atoms with Gasteiger partial charge in [0.2, 0.25) is 0 Å². The van der Waals surface area contributed by atoms with E-state index in [9.17, 15) is 10.0 Å². The first-order chi connectivity index (χ1) is 9.63. The van der Waals surface area contributed by atoms with Crippen molar-refractivity contribution in [3.63, 3.8) is 0 Å². The van der Waals surface area contributed by atoms with Crippen LogP contribution in [-0.4, -0.2) is 16.1 Å². The predicted molar refractivity (Wildman–Crippen MR) is 65.5 cm³/mol. The Morgan fingerprint density at radius 3 is 2.85 bits per heavy atom. The summed E-state index contributed by atoms with van der Waals surface area (Å²) in [4.78, 5) is 16.1. The van der Waals surface area contributed by atoms with Gasteiger partial charge < -0.3 is 14.5 Å². The summed E-state index contributed by atoms with van der Waals surface area (Å²) in [5.74, 6) is 0.811. The van der Waals surface area contributed by atoms with Crippen LogP contribution in [0.3, 0.4) is 0 Å². The van der Waals surface area contributed by atoms with Gasteiger partial charge in [0, 0.05) is 18.1 Å². The minimum atomic E-state index is -0.623. The molecule has 1 saturated carbocycles. The highest BCUT2D eigenvalue weighted by molar-refractivity contribution is 5.89. The van der Waals surface area contributed by atoms with E-state index in [4.69, 9.17) is 9.26 Å². The van der Waals surface area contributed by atoms with Gasteiger partial charge >= 0.3 is 5.97 Å². The molecule has 1 aliphatic carbocycles. The van der Waals surface area contributed by atoms with Crippen LogP contribution in [0.2, 0.25) is 0 Å². The zero-order valence-electron chi connectivity index (χ0n) is 10.9. The highest BCUT2D eigenvalue weighted by Crippen LogP contribution is 2.38. The molecule has 1 atom stereocenters. The first-order valence-electron chi connectivity index (χ1n) is 6.37. The number of esters is 1. The van der Waals surface area contributed by atoms with Crippen molar-refractivity contribution in [2.24, 2.45) is 0 Å². The van der Waals surface area contributed by atoms with Gasteiger partial charge in [0.05, 0.1) is 5.56 Å². The summed E-state index contributed by atoms with van der Waals surface area (Å²) in [6.45, 7) is 1.67. The molecule has 1 fully saturated rings. The molecule has 0 aromatic carbocycles. The van der Waals surface area contributed by atoms with Gasteiger partial charge in [-0.2, -0.15) is 9.71 Å². The summed E-state index contributed by atoms with van der Waals surface area (Å²) < 4.78 is 10.9. The molecule has 2 aromatic rings. The maximum Gasteiger partial charge on any atom is 0.339 e. The summed E-state index contributed by atoms with van der Waals surface area (Å²) in [5.41, 5.74) is 0.297. The van der Waals surface area contributed by atoms with Gasteiger partial charge in [-0.25, -0.2) is 4.79 Å². The van der Waals surface area contributed by atoms with Crippen molar-refractivity contribution in [3.8, 4) is 0 Å². The quantitative estimate of drug-likeness (QED) is 0.477. The molecule has 2 heterocycles. The lowest BCUT2D eigenvalue weighted by molar-refractivity contribution is -0.605. The zero-order valence-corrected chi connectivity index (χ0v) is 10.9. The van der Waals surface area contributed by atoms with Crippen LogP contribution >= 0.6 is 0 Å². The Bertz CT molecular complexity index is 619. The fourth-order valence-electron chi connectivity index (χ4n) is 1.75. The largest absolute Gasteiger partial charge is 0.619 e. The van der Waals surface area contributed by atoms with E-state index >= 15 is 0 Å². The summed E-state index contributed by atoms with van der Waals surface area (Å²) >= 11 is 0. The van der Waals surface area contributed by atoms with Crippen molar-refractivity contribution < 1.29 is 18.8 Å². The van der Waals surface area contributed by atoms with Crippen LogP contribution in [0.25, 0.3) is 0 Å². The SMILES string of the molecule is C[C@H](OC(=O)c1cc[n+]([O-])cc1)c1nc(C2CC2)no1. The van der Waals surface area contributed by atoms with Crippen LogP contribution in [0, 0.1) is 5.21 Å². The molecule has 0 saturated heterocycles. The second kappa shape index (κ2) is 4.92. The Morgan fingerprint density at radius 1 is 1.50 bits per heavy atom. The van der Waals surface area contributed by atoms with Crippen molar-refractivity contribution in [1.29, 1.82) is 0 Å². The van der Waals surface area contributed by atoms with Gasteiger partial charge in [-0.1, -0.05) is 5.16 Å². The number of nitrogens with zero attached hydrogens (tertiary/aromatic N) is 3. The maximum absolute atomic E-state index is 11.9. The number of pyridine rings is 1. The number of hydrogen-bond acceptors (Lipinski definition) is 6. The van der Waals surface area contributed by atoms with Crippen LogP contribution in [-0.2, 0) is 4.74 Å². The normalized spacial score (nSPS) is 15.8. The van der Waals surface area contributed by atoms with E-state index in [1.165, 1.54) is 24.5 Å². The van der Waals surface area contributed by atoms with Crippen molar-refractivity contribution in [1.82, 2.24) is 10.1 Å². The third kappa shape index (κ3) is 2.61. The minimum Gasteiger partial charge on any atom is -0.619 e. The Kier molecular flexibility index (Phi) is 3.09. The smallest absolute Gasteiger partial charge is 0.339 e. The Hall–Kier alpha value is -2.44. The number of carbonyl (C=O) groups excluding carboxylic acids is 1. The molecule has 0 N–H and O–H groups in total. The van der Waals surface area contributed by atoms with Crippen molar-refractivity contribution in [2.75, 3.05) is 0 Å². The van der Waals surface area contributed by atoms with Crippen LogP contribution in [0.4, 0.5) is 0 Å². The minimum absolute atomic E-state index is 0.287. The van der Waals surface area contributed by atoms with Gasteiger partial charge in [0.15, 0.2) is 24.3 Å².